The van der Waals surface area contributed by atoms with Crippen LogP contribution in [0.25, 0.3) is 0 Å². The topological polar surface area (TPSA) is 18.5 Å². The number of ether oxygens (including phenoxy) is 2. The highest BCUT2D eigenvalue weighted by molar-refractivity contribution is 5.49. The van der Waals surface area contributed by atoms with Gasteiger partial charge in [-0.25, -0.2) is 0 Å². The lowest BCUT2D eigenvalue weighted by Crippen LogP contribution is -1.98. The summed E-state index contributed by atoms with van der Waals surface area (Å²) in [4.78, 5) is 0. The van der Waals surface area contributed by atoms with Crippen LogP contribution in [0.3, 0.4) is 0 Å². The van der Waals surface area contributed by atoms with Gasteiger partial charge in [0.25, 0.3) is 0 Å². The molecule has 2 aromatic rings. The first kappa shape index (κ1) is 11.1. The van der Waals surface area contributed by atoms with Crippen molar-refractivity contribution in [3.8, 4) is 11.5 Å². The second-order valence-electron chi connectivity index (χ2n) is 4.61. The molecule has 0 aromatic heterocycles. The quantitative estimate of drug-likeness (QED) is 0.817. The second kappa shape index (κ2) is 4.73. The van der Waals surface area contributed by atoms with E-state index in [0.29, 0.717) is 6.61 Å². The number of rotatable bonds is 3. The fourth-order valence-corrected chi connectivity index (χ4v) is 2.25. The first-order chi connectivity index (χ1) is 8.83. The molecule has 18 heavy (non-hydrogen) atoms. The van der Waals surface area contributed by atoms with Gasteiger partial charge in [0.05, 0.1) is 6.61 Å². The van der Waals surface area contributed by atoms with Crippen molar-refractivity contribution in [3.63, 3.8) is 0 Å². The minimum absolute atomic E-state index is 0.608. The molecule has 0 saturated carbocycles. The van der Waals surface area contributed by atoms with E-state index in [9.17, 15) is 0 Å². The standard InChI is InChI=1S/C16H16O2/c1-12-9-15-14(7-8-17-15)16(10-12)18-11-13-5-3-2-4-6-13/h2-6,9-10H,7-8,11H2,1H3. The van der Waals surface area contributed by atoms with Crippen molar-refractivity contribution in [2.45, 2.75) is 20.0 Å². The summed E-state index contributed by atoms with van der Waals surface area (Å²) in [6.07, 6.45) is 0.944. The lowest BCUT2D eigenvalue weighted by molar-refractivity contribution is 0.303. The van der Waals surface area contributed by atoms with E-state index in [1.165, 1.54) is 16.7 Å². The molecule has 2 heteroatoms. The molecule has 0 saturated heterocycles. The maximum Gasteiger partial charge on any atom is 0.127 e. The van der Waals surface area contributed by atoms with E-state index >= 15 is 0 Å². The highest BCUT2D eigenvalue weighted by atomic mass is 16.5. The molecule has 2 aromatic carbocycles. The molecular formula is C16H16O2. The lowest BCUT2D eigenvalue weighted by Gasteiger charge is -2.11. The van der Waals surface area contributed by atoms with E-state index in [0.717, 1.165) is 24.5 Å². The molecule has 0 amide bonds. The van der Waals surface area contributed by atoms with Gasteiger partial charge in [-0.3, -0.25) is 0 Å². The van der Waals surface area contributed by atoms with Crippen molar-refractivity contribution in [2.75, 3.05) is 6.61 Å². The molecule has 0 unspecified atom stereocenters. The largest absolute Gasteiger partial charge is 0.493 e. The molecule has 2 nitrogen and oxygen atoms in total. The third-order valence-corrected chi connectivity index (χ3v) is 3.16. The monoisotopic (exact) mass is 240 g/mol. The summed E-state index contributed by atoms with van der Waals surface area (Å²) in [5.74, 6) is 1.95. The molecule has 0 N–H and O–H groups in total. The third kappa shape index (κ3) is 2.19. The van der Waals surface area contributed by atoms with Crippen molar-refractivity contribution in [3.05, 3.63) is 59.2 Å². The molecule has 0 atom stereocenters. The van der Waals surface area contributed by atoms with Gasteiger partial charge in [-0.05, 0) is 30.2 Å². The maximum atomic E-state index is 5.94. The van der Waals surface area contributed by atoms with Gasteiger partial charge in [-0.15, -0.1) is 0 Å². The van der Waals surface area contributed by atoms with E-state index in [1.807, 2.05) is 18.2 Å². The van der Waals surface area contributed by atoms with Gasteiger partial charge >= 0.3 is 0 Å². The molecule has 1 aliphatic heterocycles. The Bertz CT molecular complexity index is 547. The number of aryl methyl sites for hydroxylation is 1. The molecule has 0 radical (unpaired) electrons. The summed E-state index contributed by atoms with van der Waals surface area (Å²) in [5.41, 5.74) is 3.57. The Balaban J connectivity index is 1.81. The Labute approximate surface area is 107 Å². The summed E-state index contributed by atoms with van der Waals surface area (Å²) < 4.78 is 11.5. The van der Waals surface area contributed by atoms with Crippen LogP contribution in [0, 0.1) is 6.92 Å². The summed E-state index contributed by atoms with van der Waals surface area (Å²) >= 11 is 0. The smallest absolute Gasteiger partial charge is 0.127 e. The maximum absolute atomic E-state index is 5.94. The van der Waals surface area contributed by atoms with E-state index in [4.69, 9.17) is 9.47 Å². The molecule has 92 valence electrons. The van der Waals surface area contributed by atoms with Gasteiger partial charge < -0.3 is 9.47 Å². The molecule has 1 heterocycles. The van der Waals surface area contributed by atoms with Crippen LogP contribution in [0.1, 0.15) is 16.7 Å². The Morgan fingerprint density at radius 3 is 2.83 bits per heavy atom. The summed E-state index contributed by atoms with van der Waals surface area (Å²) in [6, 6.07) is 14.4. The lowest BCUT2D eigenvalue weighted by atomic mass is 10.1. The Morgan fingerprint density at radius 2 is 2.00 bits per heavy atom. The molecule has 0 aliphatic carbocycles. The van der Waals surface area contributed by atoms with Crippen LogP contribution in [0.5, 0.6) is 11.5 Å². The number of hydrogen-bond acceptors (Lipinski definition) is 2. The van der Waals surface area contributed by atoms with Gasteiger partial charge in [-0.2, -0.15) is 0 Å². The van der Waals surface area contributed by atoms with Crippen molar-refractivity contribution in [2.24, 2.45) is 0 Å². The van der Waals surface area contributed by atoms with Crippen molar-refractivity contribution in [1.29, 1.82) is 0 Å². The minimum atomic E-state index is 0.608. The average Bonchev–Trinajstić information content (AvgIpc) is 2.85. The van der Waals surface area contributed by atoms with Gasteiger partial charge in [-0.1, -0.05) is 30.3 Å². The van der Waals surface area contributed by atoms with Crippen LogP contribution >= 0.6 is 0 Å². The van der Waals surface area contributed by atoms with Crippen LogP contribution in [0.2, 0.25) is 0 Å². The summed E-state index contributed by atoms with van der Waals surface area (Å²) in [7, 11) is 0. The predicted molar refractivity (Wildman–Crippen MR) is 71.2 cm³/mol. The molecule has 0 fully saturated rings. The fraction of sp³-hybridized carbons (Fsp3) is 0.250. The number of fused-ring (bicyclic) bond motifs is 1. The van der Waals surface area contributed by atoms with E-state index in [-0.39, 0.29) is 0 Å². The minimum Gasteiger partial charge on any atom is -0.493 e. The first-order valence-electron chi connectivity index (χ1n) is 6.26. The van der Waals surface area contributed by atoms with Crippen molar-refractivity contribution >= 4 is 0 Å². The summed E-state index contributed by atoms with van der Waals surface area (Å²) in [6.45, 7) is 3.44. The average molecular weight is 240 g/mol. The zero-order valence-electron chi connectivity index (χ0n) is 10.5. The third-order valence-electron chi connectivity index (χ3n) is 3.16. The predicted octanol–water partition coefficient (Wildman–Crippen LogP) is 3.51. The van der Waals surface area contributed by atoms with Gasteiger partial charge in [0, 0.05) is 12.0 Å². The van der Waals surface area contributed by atoms with Gasteiger partial charge in [0.2, 0.25) is 0 Å². The van der Waals surface area contributed by atoms with E-state index in [2.05, 4.69) is 31.2 Å². The normalized spacial score (nSPS) is 12.9. The molecule has 0 spiro atoms. The number of benzene rings is 2. The first-order valence-corrected chi connectivity index (χ1v) is 6.26. The van der Waals surface area contributed by atoms with Gasteiger partial charge in [0.15, 0.2) is 0 Å². The van der Waals surface area contributed by atoms with E-state index < -0.39 is 0 Å². The second-order valence-corrected chi connectivity index (χ2v) is 4.61. The highest BCUT2D eigenvalue weighted by Gasteiger charge is 2.17. The zero-order valence-corrected chi connectivity index (χ0v) is 10.5. The fourth-order valence-electron chi connectivity index (χ4n) is 2.25. The van der Waals surface area contributed by atoms with Crippen LogP contribution in [0.15, 0.2) is 42.5 Å². The Hall–Kier alpha value is -1.96. The zero-order chi connectivity index (χ0) is 12.4. The van der Waals surface area contributed by atoms with Crippen LogP contribution in [-0.4, -0.2) is 6.61 Å². The molecule has 3 rings (SSSR count). The van der Waals surface area contributed by atoms with Crippen molar-refractivity contribution in [1.82, 2.24) is 0 Å². The van der Waals surface area contributed by atoms with Gasteiger partial charge in [0.1, 0.15) is 18.1 Å². The number of hydrogen-bond donors (Lipinski definition) is 0. The van der Waals surface area contributed by atoms with Crippen LogP contribution in [-0.2, 0) is 13.0 Å². The SMILES string of the molecule is Cc1cc2c(c(OCc3ccccc3)c1)CCO2. The van der Waals surface area contributed by atoms with Crippen LogP contribution < -0.4 is 9.47 Å². The van der Waals surface area contributed by atoms with Crippen LogP contribution in [0.4, 0.5) is 0 Å². The molecule has 1 aliphatic rings. The molecular weight excluding hydrogens is 224 g/mol. The Kier molecular flexibility index (Phi) is 2.93. The van der Waals surface area contributed by atoms with Crippen molar-refractivity contribution < 1.29 is 9.47 Å². The Morgan fingerprint density at radius 1 is 1.17 bits per heavy atom. The molecule has 0 bridgehead atoms. The van der Waals surface area contributed by atoms with E-state index in [1.54, 1.807) is 0 Å². The summed E-state index contributed by atoms with van der Waals surface area (Å²) in [5, 5.41) is 0. The highest BCUT2D eigenvalue weighted by Crippen LogP contribution is 2.35.